The molecule has 0 aromatic heterocycles. The Morgan fingerprint density at radius 1 is 1.19 bits per heavy atom. The molecule has 1 aliphatic heterocycles. The van der Waals surface area contributed by atoms with E-state index in [1.807, 2.05) is 6.92 Å². The van der Waals surface area contributed by atoms with E-state index >= 15 is 0 Å². The average molecular weight is 510 g/mol. The summed E-state index contributed by atoms with van der Waals surface area (Å²) in [6.07, 6.45) is 1.64. The van der Waals surface area contributed by atoms with Gasteiger partial charge in [0.2, 0.25) is 0 Å². The number of hydrogen-bond acceptors (Lipinski definition) is 6. The Hall–Kier alpha value is -2.36. The number of carbonyl (C=O) groups excluding carboxylic acids is 2. The Labute approximate surface area is 192 Å². The van der Waals surface area contributed by atoms with Crippen molar-refractivity contribution in [3.63, 3.8) is 0 Å². The van der Waals surface area contributed by atoms with Gasteiger partial charge in [-0.3, -0.25) is 14.5 Å². The topological polar surface area (TPSA) is 65.1 Å². The third-order valence-corrected chi connectivity index (χ3v) is 5.79. The molecule has 0 radical (unpaired) electrons. The maximum atomic E-state index is 13.4. The number of ether oxygens (including phenoxy) is 3. The fourth-order valence-corrected chi connectivity index (χ4v) is 4.32. The minimum absolute atomic E-state index is 0.161. The van der Waals surface area contributed by atoms with Crippen LogP contribution in [0.3, 0.4) is 0 Å². The average Bonchev–Trinajstić information content (AvgIpc) is 2.98. The molecule has 0 unspecified atom stereocenters. The van der Waals surface area contributed by atoms with Gasteiger partial charge in [0.05, 0.1) is 29.1 Å². The van der Waals surface area contributed by atoms with Gasteiger partial charge in [-0.05, 0) is 76.1 Å². The zero-order valence-electron chi connectivity index (χ0n) is 17.0. The van der Waals surface area contributed by atoms with Crippen molar-refractivity contribution < 1.29 is 28.2 Å². The van der Waals surface area contributed by atoms with Crippen LogP contribution in [0.5, 0.6) is 11.5 Å². The summed E-state index contributed by atoms with van der Waals surface area (Å²) in [5.41, 5.74) is 1.36. The molecule has 2 aromatic carbocycles. The second kappa shape index (κ2) is 10.8. The summed E-state index contributed by atoms with van der Waals surface area (Å²) in [5, 5.41) is -0.326. The second-order valence-electron chi connectivity index (χ2n) is 6.51. The van der Waals surface area contributed by atoms with E-state index in [0.29, 0.717) is 38.6 Å². The maximum absolute atomic E-state index is 13.4. The van der Waals surface area contributed by atoms with Gasteiger partial charge in [0.1, 0.15) is 12.4 Å². The molecule has 9 heteroatoms. The zero-order chi connectivity index (χ0) is 22.4. The summed E-state index contributed by atoms with van der Waals surface area (Å²) in [5.74, 6) is 0.252. The summed E-state index contributed by atoms with van der Waals surface area (Å²) in [6, 6.07) is 9.67. The molecule has 0 bridgehead atoms. The van der Waals surface area contributed by atoms with Crippen LogP contribution in [0.15, 0.2) is 45.8 Å². The van der Waals surface area contributed by atoms with Crippen LogP contribution >= 0.6 is 27.7 Å². The number of methoxy groups -OCH3 is 1. The molecule has 2 aromatic rings. The Morgan fingerprint density at radius 3 is 2.71 bits per heavy atom. The first kappa shape index (κ1) is 23.3. The number of imide groups is 1. The number of rotatable bonds is 9. The van der Waals surface area contributed by atoms with Crippen LogP contribution in [-0.4, -0.2) is 42.9 Å². The van der Waals surface area contributed by atoms with E-state index in [0.717, 1.165) is 16.7 Å². The van der Waals surface area contributed by atoms with Crippen LogP contribution in [0.1, 0.15) is 18.1 Å². The predicted octanol–water partition coefficient (Wildman–Crippen LogP) is 5.25. The van der Waals surface area contributed by atoms with Gasteiger partial charge < -0.3 is 14.2 Å². The largest absolute Gasteiger partial charge is 0.490 e. The molecule has 6 nitrogen and oxygen atoms in total. The van der Waals surface area contributed by atoms with E-state index in [1.165, 1.54) is 19.2 Å². The van der Waals surface area contributed by atoms with Crippen LogP contribution in [-0.2, 0) is 16.1 Å². The Morgan fingerprint density at radius 2 is 2.00 bits per heavy atom. The Balaban J connectivity index is 1.83. The highest BCUT2D eigenvalue weighted by Gasteiger charge is 2.34. The number of amides is 2. The summed E-state index contributed by atoms with van der Waals surface area (Å²) in [7, 11) is 1.51. The second-order valence-corrected chi connectivity index (χ2v) is 8.36. The Bertz CT molecular complexity index is 1010. The summed E-state index contributed by atoms with van der Waals surface area (Å²) >= 11 is 4.37. The number of nitrogens with zero attached hydrogens (tertiary/aromatic N) is 1. The zero-order valence-corrected chi connectivity index (χ0v) is 19.4. The van der Waals surface area contributed by atoms with Crippen LogP contribution < -0.4 is 9.47 Å². The van der Waals surface area contributed by atoms with Gasteiger partial charge in [-0.25, -0.2) is 4.39 Å². The first-order chi connectivity index (χ1) is 14.9. The monoisotopic (exact) mass is 509 g/mol. The van der Waals surface area contributed by atoms with Gasteiger partial charge in [0, 0.05) is 7.11 Å². The smallest absolute Gasteiger partial charge is 0.293 e. The molecule has 3 rings (SSSR count). The molecule has 164 valence electrons. The van der Waals surface area contributed by atoms with Crippen LogP contribution in [0.25, 0.3) is 6.08 Å². The highest BCUT2D eigenvalue weighted by atomic mass is 79.9. The number of halogens is 2. The molecule has 1 fully saturated rings. The summed E-state index contributed by atoms with van der Waals surface area (Å²) in [6.45, 7) is 2.90. The van der Waals surface area contributed by atoms with Crippen molar-refractivity contribution in [2.24, 2.45) is 0 Å². The van der Waals surface area contributed by atoms with Crippen molar-refractivity contribution in [2.45, 2.75) is 13.5 Å². The van der Waals surface area contributed by atoms with Gasteiger partial charge >= 0.3 is 0 Å². The lowest BCUT2D eigenvalue weighted by Crippen LogP contribution is -2.31. The number of benzene rings is 2. The SMILES string of the molecule is CCOc1cc(/C=C2/SC(=O)N(CCOC)C2=O)cc(Br)c1OCc1cccc(F)c1. The van der Waals surface area contributed by atoms with Crippen LogP contribution in [0, 0.1) is 5.82 Å². The molecule has 0 spiro atoms. The van der Waals surface area contributed by atoms with Gasteiger partial charge in [0.15, 0.2) is 11.5 Å². The highest BCUT2D eigenvalue weighted by molar-refractivity contribution is 9.10. The first-order valence-electron chi connectivity index (χ1n) is 9.50. The van der Waals surface area contributed by atoms with Crippen molar-refractivity contribution in [1.82, 2.24) is 4.90 Å². The molecule has 0 N–H and O–H groups in total. The fourth-order valence-electron chi connectivity index (χ4n) is 2.88. The summed E-state index contributed by atoms with van der Waals surface area (Å²) < 4.78 is 30.6. The van der Waals surface area contributed by atoms with E-state index < -0.39 is 0 Å². The van der Waals surface area contributed by atoms with E-state index in [4.69, 9.17) is 14.2 Å². The van der Waals surface area contributed by atoms with Crippen molar-refractivity contribution in [2.75, 3.05) is 26.9 Å². The van der Waals surface area contributed by atoms with Gasteiger partial charge in [-0.1, -0.05) is 12.1 Å². The standard InChI is InChI=1S/C22H21BrFNO5S/c1-3-29-18-11-15(12-19-21(26)25(7-8-28-2)22(27)31-19)10-17(23)20(18)30-13-14-5-4-6-16(24)9-14/h4-6,9-12H,3,7-8,13H2,1-2H3/b19-12+. The van der Waals surface area contributed by atoms with Gasteiger partial charge in [-0.2, -0.15) is 0 Å². The van der Waals surface area contributed by atoms with E-state index in [9.17, 15) is 14.0 Å². The first-order valence-corrected chi connectivity index (χ1v) is 11.1. The minimum atomic E-state index is -0.354. The number of carbonyl (C=O) groups is 2. The lowest BCUT2D eigenvalue weighted by Gasteiger charge is -2.15. The lowest BCUT2D eigenvalue weighted by atomic mass is 10.1. The quantitative estimate of drug-likeness (QED) is 0.430. The molecular weight excluding hydrogens is 489 g/mol. The molecular formula is C22H21BrFNO5S. The van der Waals surface area contributed by atoms with E-state index in [1.54, 1.807) is 30.3 Å². The number of thioether (sulfide) groups is 1. The summed E-state index contributed by atoms with van der Waals surface area (Å²) in [4.78, 5) is 26.1. The normalized spacial score (nSPS) is 15.1. The van der Waals surface area contributed by atoms with Crippen LogP contribution in [0.2, 0.25) is 0 Å². The predicted molar refractivity (Wildman–Crippen MR) is 121 cm³/mol. The molecule has 0 saturated carbocycles. The maximum Gasteiger partial charge on any atom is 0.293 e. The third kappa shape index (κ3) is 5.87. The minimum Gasteiger partial charge on any atom is -0.490 e. The van der Waals surface area contributed by atoms with E-state index in [-0.39, 0.29) is 36.7 Å². The van der Waals surface area contributed by atoms with Crippen LogP contribution in [0.4, 0.5) is 9.18 Å². The molecule has 1 aliphatic rings. The highest BCUT2D eigenvalue weighted by Crippen LogP contribution is 2.39. The number of hydrogen-bond donors (Lipinski definition) is 0. The lowest BCUT2D eigenvalue weighted by molar-refractivity contribution is -0.123. The van der Waals surface area contributed by atoms with E-state index in [2.05, 4.69) is 15.9 Å². The van der Waals surface area contributed by atoms with Gasteiger partial charge in [-0.15, -0.1) is 0 Å². The molecule has 0 atom stereocenters. The molecule has 0 aliphatic carbocycles. The Kier molecular flexibility index (Phi) is 8.11. The third-order valence-electron chi connectivity index (χ3n) is 4.29. The van der Waals surface area contributed by atoms with Crippen molar-refractivity contribution >= 4 is 44.9 Å². The van der Waals surface area contributed by atoms with Crippen molar-refractivity contribution in [3.8, 4) is 11.5 Å². The molecule has 2 amide bonds. The fraction of sp³-hybridized carbons (Fsp3) is 0.273. The molecule has 1 heterocycles. The molecule has 1 saturated heterocycles. The van der Waals surface area contributed by atoms with Crippen molar-refractivity contribution in [1.29, 1.82) is 0 Å². The van der Waals surface area contributed by atoms with Gasteiger partial charge in [0.25, 0.3) is 11.1 Å². The van der Waals surface area contributed by atoms with Crippen molar-refractivity contribution in [3.05, 3.63) is 62.7 Å². The molecule has 31 heavy (non-hydrogen) atoms.